The van der Waals surface area contributed by atoms with E-state index < -0.39 is 11.9 Å². The van der Waals surface area contributed by atoms with Gasteiger partial charge in [0.2, 0.25) is 17.8 Å². The minimum atomic E-state index is -0.724. The molecule has 18 heteroatoms. The zero-order valence-corrected chi connectivity index (χ0v) is 40.1. The van der Waals surface area contributed by atoms with Gasteiger partial charge in [0.05, 0.1) is 76.2 Å². The number of imide groups is 1. The number of benzene rings is 2. The molecule has 5 heterocycles. The standard InChI is InChI=1S/C50H70N10O8/c1-36(35-64-3)53-49-52-32-40-41(34-59(47(40)55-49)39-8-5-4-6-9-39)38-14-12-37(13-15-38)33-58-21-19-57(20-22-58)23-25-66-27-29-68-31-30-67-28-26-65-24-18-51-42-10-7-11-43-46(42)56(2)50(63)60(43)44-16-17-45(61)54-48(44)62/h7,10-15,32,34,36,39,44,51H,4-6,8-9,16-31,33,35H2,1-3H3,(H,52,53,55)(H,54,61,62)/t36-,44?/m0/s1. The molecular weight excluding hydrogens is 869 g/mol. The summed E-state index contributed by atoms with van der Waals surface area (Å²) in [5.41, 5.74) is 6.51. The van der Waals surface area contributed by atoms with Gasteiger partial charge in [0.1, 0.15) is 11.7 Å². The number of hydrogen-bond acceptors (Lipinski definition) is 14. The van der Waals surface area contributed by atoms with Crippen LogP contribution in [0.15, 0.2) is 59.7 Å². The van der Waals surface area contributed by atoms with E-state index in [4.69, 9.17) is 33.7 Å². The van der Waals surface area contributed by atoms with Crippen molar-refractivity contribution in [2.24, 2.45) is 7.05 Å². The number of para-hydroxylation sites is 1. The SMILES string of the molecule is COC[C@H](C)Nc1ncc2c(-c3ccc(CN4CCN(CCOCCOCCOCCOCCNc5cccc6c5n(C)c(=O)n6C5CCC(=O)NC5=O)CC4)cc3)cn(C3CCCCC3)c2n1. The van der Waals surface area contributed by atoms with E-state index in [1.165, 1.54) is 57.9 Å². The second kappa shape index (κ2) is 24.4. The van der Waals surface area contributed by atoms with Crippen LogP contribution < -0.4 is 21.6 Å². The second-order valence-corrected chi connectivity index (χ2v) is 18.2. The zero-order valence-electron chi connectivity index (χ0n) is 40.1. The van der Waals surface area contributed by atoms with Crippen molar-refractivity contribution < 1.29 is 33.3 Å². The quantitative estimate of drug-likeness (QED) is 0.0527. The summed E-state index contributed by atoms with van der Waals surface area (Å²) in [6, 6.07) is 14.5. The number of methoxy groups -OCH3 is 1. The predicted molar refractivity (Wildman–Crippen MR) is 262 cm³/mol. The fourth-order valence-corrected chi connectivity index (χ4v) is 9.72. The van der Waals surface area contributed by atoms with Gasteiger partial charge in [-0.3, -0.25) is 33.8 Å². The number of rotatable bonds is 25. The van der Waals surface area contributed by atoms with Gasteiger partial charge in [-0.15, -0.1) is 0 Å². The van der Waals surface area contributed by atoms with Gasteiger partial charge in [-0.1, -0.05) is 49.6 Å². The molecule has 8 rings (SSSR count). The lowest BCUT2D eigenvalue weighted by molar-refractivity contribution is -0.135. The van der Waals surface area contributed by atoms with Crippen molar-refractivity contribution in [3.63, 3.8) is 0 Å². The first-order valence-corrected chi connectivity index (χ1v) is 24.5. The van der Waals surface area contributed by atoms with Gasteiger partial charge in [-0.05, 0) is 49.4 Å². The van der Waals surface area contributed by atoms with Gasteiger partial charge in [0.15, 0.2) is 0 Å². The molecule has 1 saturated carbocycles. The molecule has 368 valence electrons. The number of nitrogens with zero attached hydrogens (tertiary/aromatic N) is 7. The molecule has 0 bridgehead atoms. The molecular formula is C50H70N10O8. The number of piperidine rings is 1. The molecule has 2 atom stereocenters. The molecule has 2 aromatic carbocycles. The van der Waals surface area contributed by atoms with E-state index in [9.17, 15) is 14.4 Å². The fraction of sp³-hybridized carbons (Fsp3) is 0.580. The van der Waals surface area contributed by atoms with E-state index in [0.717, 1.165) is 56.0 Å². The molecule has 18 nitrogen and oxygen atoms in total. The van der Waals surface area contributed by atoms with Crippen LogP contribution in [0.4, 0.5) is 11.6 Å². The van der Waals surface area contributed by atoms with Crippen molar-refractivity contribution in [2.45, 2.75) is 76.5 Å². The van der Waals surface area contributed by atoms with Crippen molar-refractivity contribution in [3.8, 4) is 11.1 Å². The lowest BCUT2D eigenvalue weighted by atomic mass is 9.95. The smallest absolute Gasteiger partial charge is 0.329 e. The molecule has 0 spiro atoms. The van der Waals surface area contributed by atoms with Gasteiger partial charge in [-0.2, -0.15) is 4.98 Å². The number of nitrogens with one attached hydrogen (secondary N) is 3. The van der Waals surface area contributed by atoms with Crippen molar-refractivity contribution >= 4 is 45.5 Å². The normalized spacial score (nSPS) is 18.1. The summed E-state index contributed by atoms with van der Waals surface area (Å²) in [6.45, 7) is 13.2. The molecule has 1 unspecified atom stereocenters. The van der Waals surface area contributed by atoms with Crippen molar-refractivity contribution in [1.29, 1.82) is 0 Å². The highest BCUT2D eigenvalue weighted by atomic mass is 16.6. The van der Waals surface area contributed by atoms with Crippen LogP contribution in [0.25, 0.3) is 33.2 Å². The minimum Gasteiger partial charge on any atom is -0.383 e. The molecule has 5 aromatic rings. The van der Waals surface area contributed by atoms with E-state index in [1.54, 1.807) is 14.2 Å². The summed E-state index contributed by atoms with van der Waals surface area (Å²) in [6.07, 6.45) is 11.0. The Hall–Kier alpha value is -5.21. The van der Waals surface area contributed by atoms with Crippen molar-refractivity contribution in [1.82, 2.24) is 38.8 Å². The summed E-state index contributed by atoms with van der Waals surface area (Å²) in [5.74, 6) is -0.122. The van der Waals surface area contributed by atoms with Gasteiger partial charge < -0.3 is 38.9 Å². The van der Waals surface area contributed by atoms with E-state index in [2.05, 4.69) is 67.7 Å². The number of carbonyl (C=O) groups is 2. The highest BCUT2D eigenvalue weighted by Crippen LogP contribution is 2.37. The Balaban J connectivity index is 0.660. The number of anilines is 2. The van der Waals surface area contributed by atoms with E-state index in [1.807, 2.05) is 24.4 Å². The van der Waals surface area contributed by atoms with E-state index in [0.29, 0.717) is 95.5 Å². The highest BCUT2D eigenvalue weighted by molar-refractivity contribution is 6.00. The van der Waals surface area contributed by atoms with Crippen molar-refractivity contribution in [2.75, 3.05) is 116 Å². The fourth-order valence-electron chi connectivity index (χ4n) is 9.72. The molecule has 68 heavy (non-hydrogen) atoms. The lowest BCUT2D eigenvalue weighted by Crippen LogP contribution is -2.46. The first-order valence-electron chi connectivity index (χ1n) is 24.5. The first-order chi connectivity index (χ1) is 33.3. The molecule has 2 saturated heterocycles. The topological polar surface area (TPSA) is 180 Å². The van der Waals surface area contributed by atoms with Crippen LogP contribution in [-0.4, -0.2) is 157 Å². The minimum absolute atomic E-state index is 0.119. The van der Waals surface area contributed by atoms with Crippen LogP contribution >= 0.6 is 0 Å². The Morgan fingerprint density at radius 2 is 1.51 bits per heavy atom. The summed E-state index contributed by atoms with van der Waals surface area (Å²) in [7, 11) is 3.40. The third kappa shape index (κ3) is 12.5. The summed E-state index contributed by atoms with van der Waals surface area (Å²) in [5, 5.41) is 10.2. The number of hydrogen-bond donors (Lipinski definition) is 3. The Morgan fingerprint density at radius 3 is 2.22 bits per heavy atom. The average molecular weight is 939 g/mol. The van der Waals surface area contributed by atoms with Crippen LogP contribution in [0.5, 0.6) is 0 Å². The van der Waals surface area contributed by atoms with Gasteiger partial charge >= 0.3 is 5.69 Å². The molecule has 1 aliphatic carbocycles. The van der Waals surface area contributed by atoms with Gasteiger partial charge in [0.25, 0.3) is 0 Å². The maximum Gasteiger partial charge on any atom is 0.329 e. The zero-order chi connectivity index (χ0) is 47.2. The van der Waals surface area contributed by atoms with Gasteiger partial charge in [0, 0.05) is 102 Å². The molecule has 3 fully saturated rings. The van der Waals surface area contributed by atoms with Crippen LogP contribution in [-0.2, 0) is 46.9 Å². The third-order valence-corrected chi connectivity index (χ3v) is 13.3. The molecule has 0 radical (unpaired) electrons. The Kier molecular flexibility index (Phi) is 17.6. The maximum absolute atomic E-state index is 13.1. The number of fused-ring (bicyclic) bond motifs is 2. The number of carbonyl (C=O) groups excluding carboxylic acids is 2. The Labute approximate surface area is 398 Å². The lowest BCUT2D eigenvalue weighted by Gasteiger charge is -2.34. The van der Waals surface area contributed by atoms with E-state index >= 15 is 0 Å². The monoisotopic (exact) mass is 939 g/mol. The van der Waals surface area contributed by atoms with E-state index in [-0.39, 0.29) is 24.1 Å². The number of imidazole rings is 1. The summed E-state index contributed by atoms with van der Waals surface area (Å²) in [4.78, 5) is 52.1. The second-order valence-electron chi connectivity index (χ2n) is 18.2. The average Bonchev–Trinajstić information content (AvgIpc) is 3.85. The van der Waals surface area contributed by atoms with Gasteiger partial charge in [-0.25, -0.2) is 9.78 Å². The third-order valence-electron chi connectivity index (χ3n) is 13.3. The maximum atomic E-state index is 13.1. The predicted octanol–water partition coefficient (Wildman–Crippen LogP) is 4.98. The largest absolute Gasteiger partial charge is 0.383 e. The summed E-state index contributed by atoms with van der Waals surface area (Å²) >= 11 is 0. The number of piperazine rings is 1. The van der Waals surface area contributed by atoms with Crippen LogP contribution in [0, 0.1) is 0 Å². The number of aromatic nitrogens is 5. The Bertz CT molecular complexity index is 2470. The number of aryl methyl sites for hydroxylation is 1. The molecule has 2 aliphatic heterocycles. The number of ether oxygens (including phenoxy) is 5. The molecule has 2 amide bonds. The molecule has 3 aromatic heterocycles. The Morgan fingerprint density at radius 1 is 0.824 bits per heavy atom. The van der Waals surface area contributed by atoms with Crippen LogP contribution in [0.1, 0.15) is 69.5 Å². The number of amides is 2. The summed E-state index contributed by atoms with van der Waals surface area (Å²) < 4.78 is 33.7. The molecule has 3 aliphatic rings. The highest BCUT2D eigenvalue weighted by Gasteiger charge is 2.32. The van der Waals surface area contributed by atoms with Crippen LogP contribution in [0.3, 0.4) is 0 Å². The first kappa shape index (κ1) is 49.2. The van der Waals surface area contributed by atoms with Crippen molar-refractivity contribution in [3.05, 3.63) is 70.9 Å². The van der Waals surface area contributed by atoms with Crippen LogP contribution in [0.2, 0.25) is 0 Å². The molecule has 3 N–H and O–H groups in total.